The molecule has 1 aromatic heterocycles. The van der Waals surface area contributed by atoms with Gasteiger partial charge < -0.3 is 5.32 Å². The molecule has 1 N–H and O–H groups in total. The standard InChI is InChI=1S/C25H20N4/c1-3-9-18(10-4-1)23-17-20(15-16-26-23)27-25-21-13-7-8-14-22(21)28-24(29-25)19-11-5-2-6-12-19/h1-14,17H,15-16H2,(H,27,28,29). The van der Waals surface area contributed by atoms with E-state index in [1.54, 1.807) is 0 Å². The van der Waals surface area contributed by atoms with Crippen LogP contribution in [0.1, 0.15) is 12.0 Å². The minimum Gasteiger partial charge on any atom is -0.343 e. The lowest BCUT2D eigenvalue weighted by molar-refractivity contribution is 0.937. The predicted molar refractivity (Wildman–Crippen MR) is 119 cm³/mol. The van der Waals surface area contributed by atoms with Gasteiger partial charge >= 0.3 is 0 Å². The summed E-state index contributed by atoms with van der Waals surface area (Å²) in [6, 6.07) is 28.5. The first-order chi connectivity index (χ1) is 14.4. The number of dihydropyridines is 1. The summed E-state index contributed by atoms with van der Waals surface area (Å²) in [5.41, 5.74) is 5.18. The number of allylic oxidation sites excluding steroid dienone is 1. The zero-order valence-corrected chi connectivity index (χ0v) is 15.9. The summed E-state index contributed by atoms with van der Waals surface area (Å²) in [6.07, 6.45) is 2.98. The average Bonchev–Trinajstić information content (AvgIpc) is 2.80. The SMILES string of the molecule is C1=C(Nc2nc(-c3ccccc3)nc3ccccc23)CCN=C1c1ccccc1. The number of aromatic nitrogens is 2. The molecule has 0 aliphatic carbocycles. The van der Waals surface area contributed by atoms with E-state index in [2.05, 4.69) is 34.6 Å². The van der Waals surface area contributed by atoms with Crippen molar-refractivity contribution in [2.45, 2.75) is 6.42 Å². The van der Waals surface area contributed by atoms with Crippen molar-refractivity contribution in [3.05, 3.63) is 102 Å². The van der Waals surface area contributed by atoms with Gasteiger partial charge in [-0.15, -0.1) is 0 Å². The molecule has 0 radical (unpaired) electrons. The van der Waals surface area contributed by atoms with Crippen molar-refractivity contribution >= 4 is 22.4 Å². The molecule has 4 heteroatoms. The Morgan fingerprint density at radius 3 is 2.17 bits per heavy atom. The molecule has 4 nitrogen and oxygen atoms in total. The van der Waals surface area contributed by atoms with Crippen molar-refractivity contribution in [1.29, 1.82) is 0 Å². The van der Waals surface area contributed by atoms with Crippen LogP contribution in [0.5, 0.6) is 0 Å². The van der Waals surface area contributed by atoms with Crippen molar-refractivity contribution in [2.24, 2.45) is 4.99 Å². The van der Waals surface area contributed by atoms with Crippen molar-refractivity contribution in [1.82, 2.24) is 9.97 Å². The van der Waals surface area contributed by atoms with Crippen LogP contribution in [-0.4, -0.2) is 22.2 Å². The van der Waals surface area contributed by atoms with Gasteiger partial charge in [-0.25, -0.2) is 9.97 Å². The highest BCUT2D eigenvalue weighted by Gasteiger charge is 2.13. The Kier molecular flexibility index (Phi) is 4.59. The van der Waals surface area contributed by atoms with Crippen LogP contribution >= 0.6 is 0 Å². The van der Waals surface area contributed by atoms with Gasteiger partial charge in [0.05, 0.1) is 11.2 Å². The van der Waals surface area contributed by atoms with Crippen LogP contribution in [0.4, 0.5) is 5.82 Å². The monoisotopic (exact) mass is 376 g/mol. The number of para-hydroxylation sites is 1. The van der Waals surface area contributed by atoms with E-state index in [-0.39, 0.29) is 0 Å². The van der Waals surface area contributed by atoms with Crippen LogP contribution in [0.25, 0.3) is 22.3 Å². The molecule has 0 saturated carbocycles. The highest BCUT2D eigenvalue weighted by molar-refractivity contribution is 6.09. The second-order valence-electron chi connectivity index (χ2n) is 6.96. The van der Waals surface area contributed by atoms with E-state index in [0.717, 1.165) is 58.0 Å². The lowest BCUT2D eigenvalue weighted by Crippen LogP contribution is -2.12. The molecule has 2 heterocycles. The number of rotatable bonds is 4. The molecular weight excluding hydrogens is 356 g/mol. The zero-order chi connectivity index (χ0) is 19.5. The van der Waals surface area contributed by atoms with E-state index < -0.39 is 0 Å². The van der Waals surface area contributed by atoms with E-state index in [9.17, 15) is 0 Å². The zero-order valence-electron chi connectivity index (χ0n) is 15.9. The van der Waals surface area contributed by atoms with E-state index in [4.69, 9.17) is 9.97 Å². The quantitative estimate of drug-likeness (QED) is 0.513. The molecular formula is C25H20N4. The molecule has 29 heavy (non-hydrogen) atoms. The molecule has 4 aromatic rings. The fourth-order valence-electron chi connectivity index (χ4n) is 3.50. The molecule has 0 fully saturated rings. The predicted octanol–water partition coefficient (Wildman–Crippen LogP) is 5.49. The maximum atomic E-state index is 4.86. The lowest BCUT2D eigenvalue weighted by atomic mass is 10.1. The number of nitrogens with one attached hydrogen (secondary N) is 1. The fourth-order valence-corrected chi connectivity index (χ4v) is 3.50. The Bertz CT molecular complexity index is 1210. The maximum absolute atomic E-state index is 4.86. The maximum Gasteiger partial charge on any atom is 0.162 e. The molecule has 3 aromatic carbocycles. The largest absolute Gasteiger partial charge is 0.343 e. The fraction of sp³-hybridized carbons (Fsp3) is 0.0800. The Balaban J connectivity index is 1.55. The van der Waals surface area contributed by atoms with Gasteiger partial charge in [0.1, 0.15) is 5.82 Å². The van der Waals surface area contributed by atoms with E-state index >= 15 is 0 Å². The topological polar surface area (TPSA) is 50.2 Å². The number of hydrogen-bond acceptors (Lipinski definition) is 4. The van der Waals surface area contributed by atoms with Crippen molar-refractivity contribution in [3.8, 4) is 11.4 Å². The summed E-state index contributed by atoms with van der Waals surface area (Å²) < 4.78 is 0. The van der Waals surface area contributed by atoms with Crippen LogP contribution < -0.4 is 5.32 Å². The van der Waals surface area contributed by atoms with Gasteiger partial charge in [0.25, 0.3) is 0 Å². The lowest BCUT2D eigenvalue weighted by Gasteiger charge is -2.17. The molecule has 0 unspecified atom stereocenters. The van der Waals surface area contributed by atoms with Gasteiger partial charge in [-0.3, -0.25) is 4.99 Å². The first-order valence-electron chi connectivity index (χ1n) is 9.76. The molecule has 5 rings (SSSR count). The van der Waals surface area contributed by atoms with Gasteiger partial charge in [-0.2, -0.15) is 0 Å². The third kappa shape index (κ3) is 3.65. The van der Waals surface area contributed by atoms with Crippen LogP contribution in [0.15, 0.2) is 102 Å². The van der Waals surface area contributed by atoms with Crippen molar-refractivity contribution in [3.63, 3.8) is 0 Å². The summed E-state index contributed by atoms with van der Waals surface area (Å²) in [4.78, 5) is 14.3. The highest BCUT2D eigenvalue weighted by Crippen LogP contribution is 2.27. The highest BCUT2D eigenvalue weighted by atomic mass is 15.0. The number of aliphatic imine (C=N–C) groups is 1. The minimum atomic E-state index is 0.722. The third-order valence-corrected chi connectivity index (χ3v) is 4.96. The molecule has 0 saturated heterocycles. The Morgan fingerprint density at radius 1 is 0.690 bits per heavy atom. The Hall–Kier alpha value is -3.79. The number of nitrogens with zero attached hydrogens (tertiary/aromatic N) is 3. The van der Waals surface area contributed by atoms with Gasteiger partial charge in [-0.05, 0) is 23.8 Å². The molecule has 140 valence electrons. The Morgan fingerprint density at radius 2 is 1.38 bits per heavy atom. The molecule has 0 spiro atoms. The van der Waals surface area contributed by atoms with Crippen LogP contribution in [-0.2, 0) is 0 Å². The molecule has 0 bridgehead atoms. The first-order valence-corrected chi connectivity index (χ1v) is 9.76. The van der Waals surface area contributed by atoms with E-state index in [1.807, 2.05) is 66.7 Å². The number of fused-ring (bicyclic) bond motifs is 1. The summed E-state index contributed by atoms with van der Waals surface area (Å²) in [5.74, 6) is 1.55. The van der Waals surface area contributed by atoms with Gasteiger partial charge in [0.2, 0.25) is 0 Å². The summed E-state index contributed by atoms with van der Waals surface area (Å²) in [5, 5.41) is 4.57. The molecule has 0 amide bonds. The van der Waals surface area contributed by atoms with Crippen LogP contribution in [0.2, 0.25) is 0 Å². The van der Waals surface area contributed by atoms with Gasteiger partial charge in [0.15, 0.2) is 5.82 Å². The molecule has 1 aliphatic heterocycles. The minimum absolute atomic E-state index is 0.722. The van der Waals surface area contributed by atoms with E-state index in [1.165, 1.54) is 0 Å². The summed E-state index contributed by atoms with van der Waals surface area (Å²) in [6.45, 7) is 0.762. The smallest absolute Gasteiger partial charge is 0.162 e. The molecule has 0 atom stereocenters. The Labute approximate surface area is 169 Å². The summed E-state index contributed by atoms with van der Waals surface area (Å²) in [7, 11) is 0. The van der Waals surface area contributed by atoms with Crippen LogP contribution in [0, 0.1) is 0 Å². The van der Waals surface area contributed by atoms with E-state index in [0.29, 0.717) is 0 Å². The van der Waals surface area contributed by atoms with Gasteiger partial charge in [0, 0.05) is 29.6 Å². The normalized spacial score (nSPS) is 13.7. The van der Waals surface area contributed by atoms with Crippen LogP contribution in [0.3, 0.4) is 0 Å². The van der Waals surface area contributed by atoms with Gasteiger partial charge in [-0.1, -0.05) is 72.8 Å². The van der Waals surface area contributed by atoms with Crippen molar-refractivity contribution in [2.75, 3.05) is 11.9 Å². The number of anilines is 1. The second kappa shape index (κ2) is 7.68. The third-order valence-electron chi connectivity index (χ3n) is 4.96. The number of benzene rings is 3. The average molecular weight is 376 g/mol. The van der Waals surface area contributed by atoms with Crippen molar-refractivity contribution < 1.29 is 0 Å². The first kappa shape index (κ1) is 17.3. The number of hydrogen-bond donors (Lipinski definition) is 1. The summed E-state index contributed by atoms with van der Waals surface area (Å²) >= 11 is 0. The molecule has 1 aliphatic rings. The second-order valence-corrected chi connectivity index (χ2v) is 6.96.